The smallest absolute Gasteiger partial charge is 0.206 e. The second-order valence-electron chi connectivity index (χ2n) is 3.06. The summed E-state index contributed by atoms with van der Waals surface area (Å²) in [6, 6.07) is 12.3. The molecule has 5 heteroatoms. The molecule has 0 aromatic heterocycles. The van der Waals surface area contributed by atoms with Gasteiger partial charge >= 0.3 is 0 Å². The quantitative estimate of drug-likeness (QED) is 0.820. The summed E-state index contributed by atoms with van der Waals surface area (Å²) >= 11 is 5.19. The second-order valence-corrected chi connectivity index (χ2v) is 5.12. The number of fused-ring (bicyclic) bond motifs is 1. The minimum Gasteiger partial charge on any atom is -0.206 e. The zero-order valence-corrected chi connectivity index (χ0v) is 9.22. The van der Waals surface area contributed by atoms with Gasteiger partial charge in [0.2, 0.25) is 0 Å². The van der Waals surface area contributed by atoms with E-state index in [0.29, 0.717) is 5.39 Å². The van der Waals surface area contributed by atoms with E-state index in [4.69, 9.17) is 11.8 Å². The summed E-state index contributed by atoms with van der Waals surface area (Å²) in [5, 5.41) is 1.53. The van der Waals surface area contributed by atoms with Crippen LogP contribution in [0.4, 0.5) is 0 Å². The summed E-state index contributed by atoms with van der Waals surface area (Å²) < 4.78 is 24.9. The van der Waals surface area contributed by atoms with Crippen LogP contribution in [0.5, 0.6) is 0 Å². The van der Waals surface area contributed by atoms with Gasteiger partial charge in [-0.1, -0.05) is 36.4 Å². The Kier molecular flexibility index (Phi) is 2.65. The minimum atomic E-state index is -3.61. The molecule has 0 aliphatic carbocycles. The van der Waals surface area contributed by atoms with E-state index in [-0.39, 0.29) is 4.90 Å². The van der Waals surface area contributed by atoms with Gasteiger partial charge in [-0.2, -0.15) is 0 Å². The third kappa shape index (κ3) is 1.84. The zero-order chi connectivity index (χ0) is 10.9. The molecule has 0 saturated carbocycles. The first kappa shape index (κ1) is 10.4. The van der Waals surface area contributed by atoms with Gasteiger partial charge in [-0.3, -0.25) is 0 Å². The van der Waals surface area contributed by atoms with Crippen LogP contribution in [0.2, 0.25) is 0 Å². The van der Waals surface area contributed by atoms with Crippen molar-refractivity contribution in [3.63, 3.8) is 0 Å². The summed E-state index contributed by atoms with van der Waals surface area (Å²) in [5.41, 5.74) is 0. The Hall–Kier alpha value is -1.10. The van der Waals surface area contributed by atoms with Crippen molar-refractivity contribution in [1.82, 2.24) is 4.24 Å². The SMILES string of the molecule is O=S(=O)(NCl)c1cccc2ccccc12. The molecule has 3 nitrogen and oxygen atoms in total. The summed E-state index contributed by atoms with van der Waals surface area (Å²) in [6.45, 7) is 0. The van der Waals surface area contributed by atoms with E-state index < -0.39 is 10.0 Å². The van der Waals surface area contributed by atoms with Crippen molar-refractivity contribution < 1.29 is 8.42 Å². The molecule has 0 aliphatic rings. The fraction of sp³-hybridized carbons (Fsp3) is 0. The molecule has 2 aromatic carbocycles. The molecule has 0 radical (unpaired) electrons. The van der Waals surface area contributed by atoms with Gasteiger partial charge in [0.15, 0.2) is 0 Å². The van der Waals surface area contributed by atoms with Crippen molar-refractivity contribution in [2.24, 2.45) is 0 Å². The summed E-state index contributed by atoms with van der Waals surface area (Å²) in [7, 11) is -3.61. The Morgan fingerprint density at radius 2 is 1.67 bits per heavy atom. The molecule has 0 amide bonds. The summed E-state index contributed by atoms with van der Waals surface area (Å²) in [6.07, 6.45) is 0. The first-order chi connectivity index (χ1) is 7.15. The van der Waals surface area contributed by atoms with Gasteiger partial charge < -0.3 is 0 Å². The highest BCUT2D eigenvalue weighted by atomic mass is 35.5. The van der Waals surface area contributed by atoms with Crippen molar-refractivity contribution in [2.45, 2.75) is 4.90 Å². The first-order valence-electron chi connectivity index (χ1n) is 4.25. The summed E-state index contributed by atoms with van der Waals surface area (Å²) in [5.74, 6) is 0. The Morgan fingerprint density at radius 3 is 2.40 bits per heavy atom. The number of halogens is 1. The lowest BCUT2D eigenvalue weighted by Crippen LogP contribution is -2.13. The molecule has 2 aromatic rings. The predicted octanol–water partition coefficient (Wildman–Crippen LogP) is 2.27. The van der Waals surface area contributed by atoms with E-state index in [9.17, 15) is 8.42 Å². The molecule has 0 bridgehead atoms. The lowest BCUT2D eigenvalue weighted by atomic mass is 10.1. The molecule has 15 heavy (non-hydrogen) atoms. The molecular weight excluding hydrogens is 234 g/mol. The molecule has 0 unspecified atom stereocenters. The highest BCUT2D eigenvalue weighted by Crippen LogP contribution is 2.22. The van der Waals surface area contributed by atoms with E-state index in [1.165, 1.54) is 6.07 Å². The van der Waals surface area contributed by atoms with E-state index in [0.717, 1.165) is 5.39 Å². The molecule has 2 rings (SSSR count). The highest BCUT2D eigenvalue weighted by Gasteiger charge is 2.15. The van der Waals surface area contributed by atoms with Gasteiger partial charge in [-0.25, -0.2) is 8.42 Å². The van der Waals surface area contributed by atoms with Crippen LogP contribution in [0.3, 0.4) is 0 Å². The molecule has 0 atom stereocenters. The van der Waals surface area contributed by atoms with Crippen LogP contribution in [-0.4, -0.2) is 8.42 Å². The maximum atomic E-state index is 11.6. The van der Waals surface area contributed by atoms with Crippen LogP contribution >= 0.6 is 11.8 Å². The fourth-order valence-electron chi connectivity index (χ4n) is 1.47. The molecule has 0 aliphatic heterocycles. The third-order valence-corrected chi connectivity index (χ3v) is 3.89. The van der Waals surface area contributed by atoms with Crippen LogP contribution in [0.15, 0.2) is 47.4 Å². The Bertz CT molecular complexity index is 590. The average molecular weight is 242 g/mol. The van der Waals surface area contributed by atoms with E-state index in [2.05, 4.69) is 0 Å². The lowest BCUT2D eigenvalue weighted by Gasteiger charge is -2.05. The molecule has 0 saturated heterocycles. The standard InChI is InChI=1S/C10H8ClNO2S/c11-12-15(13,14)10-7-3-5-8-4-1-2-6-9(8)10/h1-7,12H. The minimum absolute atomic E-state index is 0.190. The molecule has 78 valence electrons. The van der Waals surface area contributed by atoms with E-state index >= 15 is 0 Å². The largest absolute Gasteiger partial charge is 0.254 e. The number of hydrogen-bond acceptors (Lipinski definition) is 2. The number of hydrogen-bond donors (Lipinski definition) is 1. The zero-order valence-electron chi connectivity index (χ0n) is 7.64. The third-order valence-electron chi connectivity index (χ3n) is 2.14. The number of rotatable bonds is 2. The second kappa shape index (κ2) is 3.81. The normalized spacial score (nSPS) is 11.8. The monoisotopic (exact) mass is 241 g/mol. The van der Waals surface area contributed by atoms with Gasteiger partial charge in [0.25, 0.3) is 10.0 Å². The average Bonchev–Trinajstić information content (AvgIpc) is 2.28. The van der Waals surface area contributed by atoms with E-state index in [1.54, 1.807) is 22.4 Å². The number of benzene rings is 2. The van der Waals surface area contributed by atoms with Crippen LogP contribution in [0.25, 0.3) is 10.8 Å². The van der Waals surface area contributed by atoms with Crippen LogP contribution in [0, 0.1) is 0 Å². The van der Waals surface area contributed by atoms with Crippen molar-refractivity contribution in [3.8, 4) is 0 Å². The van der Waals surface area contributed by atoms with Crippen molar-refractivity contribution in [2.75, 3.05) is 0 Å². The molecule has 0 fully saturated rings. The molecule has 1 N–H and O–H groups in total. The number of nitrogens with one attached hydrogen (secondary N) is 1. The highest BCUT2D eigenvalue weighted by molar-refractivity contribution is 7.90. The van der Waals surface area contributed by atoms with Gasteiger partial charge in [-0.05, 0) is 23.2 Å². The van der Waals surface area contributed by atoms with Gasteiger partial charge in [-0.15, -0.1) is 4.24 Å². The first-order valence-corrected chi connectivity index (χ1v) is 6.11. The Balaban J connectivity index is 2.83. The molecule has 0 spiro atoms. The maximum absolute atomic E-state index is 11.6. The van der Waals surface area contributed by atoms with Crippen LogP contribution < -0.4 is 4.24 Å². The van der Waals surface area contributed by atoms with Crippen LogP contribution in [0.1, 0.15) is 0 Å². The van der Waals surface area contributed by atoms with Crippen LogP contribution in [-0.2, 0) is 10.0 Å². The van der Waals surface area contributed by atoms with E-state index in [1.807, 2.05) is 18.2 Å². The molecular formula is C10H8ClNO2S. The number of sulfonamides is 1. The Labute approximate surface area is 92.8 Å². The topological polar surface area (TPSA) is 46.2 Å². The predicted molar refractivity (Wildman–Crippen MR) is 60.1 cm³/mol. The lowest BCUT2D eigenvalue weighted by molar-refractivity contribution is 0.595. The Morgan fingerprint density at radius 1 is 1.00 bits per heavy atom. The van der Waals surface area contributed by atoms with Gasteiger partial charge in [0.05, 0.1) is 4.90 Å². The summed E-state index contributed by atoms with van der Waals surface area (Å²) in [4.78, 5) is 0.190. The maximum Gasteiger partial charge on any atom is 0.254 e. The molecule has 0 heterocycles. The van der Waals surface area contributed by atoms with Crippen molar-refractivity contribution >= 4 is 32.6 Å². The van der Waals surface area contributed by atoms with Crippen molar-refractivity contribution in [3.05, 3.63) is 42.5 Å². The van der Waals surface area contributed by atoms with Gasteiger partial charge in [0, 0.05) is 5.39 Å². The van der Waals surface area contributed by atoms with Gasteiger partial charge in [0.1, 0.15) is 0 Å². The van der Waals surface area contributed by atoms with Crippen molar-refractivity contribution in [1.29, 1.82) is 0 Å². The fourth-order valence-corrected chi connectivity index (χ4v) is 2.54.